The van der Waals surface area contributed by atoms with Gasteiger partial charge in [0.1, 0.15) is 5.69 Å². The topological polar surface area (TPSA) is 44.1 Å². The fourth-order valence-corrected chi connectivity index (χ4v) is 0.980. The van der Waals surface area contributed by atoms with Crippen LogP contribution < -0.4 is 0 Å². The fraction of sp³-hybridized carbons (Fsp3) is 0.333. The van der Waals surface area contributed by atoms with Crippen LogP contribution in [0.15, 0.2) is 25.2 Å². The van der Waals surface area contributed by atoms with Crippen LogP contribution in [0, 0.1) is 0 Å². The van der Waals surface area contributed by atoms with E-state index in [4.69, 9.17) is 4.74 Å². The molecule has 1 aromatic heterocycles. The molecule has 4 heteroatoms. The maximum absolute atomic E-state index is 11.3. The zero-order valence-electron chi connectivity index (χ0n) is 7.56. The number of hydrogen-bond donors (Lipinski definition) is 0. The number of carbonyl (C=O) groups is 1. The highest BCUT2D eigenvalue weighted by atomic mass is 16.5. The van der Waals surface area contributed by atoms with Gasteiger partial charge in [-0.2, -0.15) is 0 Å². The van der Waals surface area contributed by atoms with Crippen LogP contribution in [0.1, 0.15) is 17.4 Å². The molecule has 0 spiro atoms. The molecule has 0 saturated heterocycles. The summed E-state index contributed by atoms with van der Waals surface area (Å²) in [7, 11) is 0. The van der Waals surface area contributed by atoms with Crippen molar-refractivity contribution < 1.29 is 9.53 Å². The van der Waals surface area contributed by atoms with E-state index >= 15 is 0 Å². The van der Waals surface area contributed by atoms with Crippen molar-refractivity contribution >= 4 is 5.97 Å². The molecule has 70 valence electrons. The van der Waals surface area contributed by atoms with Gasteiger partial charge in [0, 0.05) is 6.54 Å². The molecule has 0 unspecified atom stereocenters. The van der Waals surface area contributed by atoms with Gasteiger partial charge in [-0.15, -0.1) is 6.58 Å². The van der Waals surface area contributed by atoms with Crippen molar-refractivity contribution in [3.8, 4) is 0 Å². The summed E-state index contributed by atoms with van der Waals surface area (Å²) in [6.45, 7) is 6.29. The van der Waals surface area contributed by atoms with Crippen LogP contribution >= 0.6 is 0 Å². The average Bonchev–Trinajstić information content (AvgIpc) is 2.54. The zero-order valence-corrected chi connectivity index (χ0v) is 7.56. The van der Waals surface area contributed by atoms with E-state index in [1.54, 1.807) is 23.9 Å². The van der Waals surface area contributed by atoms with Gasteiger partial charge < -0.3 is 9.30 Å². The largest absolute Gasteiger partial charge is 0.461 e. The Labute approximate surface area is 76.8 Å². The lowest BCUT2D eigenvalue weighted by Crippen LogP contribution is -2.10. The Hall–Kier alpha value is -1.58. The molecule has 4 nitrogen and oxygen atoms in total. The van der Waals surface area contributed by atoms with Gasteiger partial charge in [-0.1, -0.05) is 6.08 Å². The Kier molecular flexibility index (Phi) is 3.25. The van der Waals surface area contributed by atoms with Crippen molar-refractivity contribution in [2.45, 2.75) is 13.5 Å². The monoisotopic (exact) mass is 180 g/mol. The molecule has 1 rings (SSSR count). The van der Waals surface area contributed by atoms with E-state index in [0.717, 1.165) is 0 Å². The van der Waals surface area contributed by atoms with Crippen molar-refractivity contribution in [3.63, 3.8) is 0 Å². The van der Waals surface area contributed by atoms with Crippen molar-refractivity contribution in [1.29, 1.82) is 0 Å². The molecule has 0 aliphatic heterocycles. The maximum atomic E-state index is 11.3. The molecule has 0 aliphatic rings. The highest BCUT2D eigenvalue weighted by Gasteiger charge is 2.10. The molecule has 0 atom stereocenters. The zero-order chi connectivity index (χ0) is 9.68. The third-order valence-electron chi connectivity index (χ3n) is 1.52. The van der Waals surface area contributed by atoms with Crippen LogP contribution in [-0.4, -0.2) is 22.1 Å². The number of carbonyl (C=O) groups excluding carboxylic acids is 1. The van der Waals surface area contributed by atoms with Crippen LogP contribution in [0.25, 0.3) is 0 Å². The molecule has 0 fully saturated rings. The Balaban J connectivity index is 2.80. The molecule has 0 amide bonds. The normalized spacial score (nSPS) is 9.62. The highest BCUT2D eigenvalue weighted by molar-refractivity contribution is 5.87. The summed E-state index contributed by atoms with van der Waals surface area (Å²) in [4.78, 5) is 15.1. The maximum Gasteiger partial charge on any atom is 0.356 e. The number of hydrogen-bond acceptors (Lipinski definition) is 3. The van der Waals surface area contributed by atoms with Gasteiger partial charge in [0.05, 0.1) is 19.1 Å². The summed E-state index contributed by atoms with van der Waals surface area (Å²) in [5.41, 5.74) is 0.460. The molecule has 0 radical (unpaired) electrons. The van der Waals surface area contributed by atoms with Crippen LogP contribution in [0.5, 0.6) is 0 Å². The molecule has 0 N–H and O–H groups in total. The Morgan fingerprint density at radius 3 is 3.23 bits per heavy atom. The minimum Gasteiger partial charge on any atom is -0.461 e. The summed E-state index contributed by atoms with van der Waals surface area (Å²) < 4.78 is 6.52. The Morgan fingerprint density at radius 1 is 1.85 bits per heavy atom. The minimum atomic E-state index is -0.346. The lowest BCUT2D eigenvalue weighted by atomic mass is 10.4. The quantitative estimate of drug-likeness (QED) is 0.517. The van der Waals surface area contributed by atoms with E-state index < -0.39 is 0 Å². The first-order chi connectivity index (χ1) is 6.29. The van der Waals surface area contributed by atoms with E-state index in [1.165, 1.54) is 6.20 Å². The molecule has 0 aliphatic carbocycles. The summed E-state index contributed by atoms with van der Waals surface area (Å²) in [5, 5.41) is 0. The van der Waals surface area contributed by atoms with Crippen molar-refractivity contribution in [2.24, 2.45) is 0 Å². The number of nitrogens with zero attached hydrogens (tertiary/aromatic N) is 2. The molecule has 1 heterocycles. The number of aromatic nitrogens is 2. The van der Waals surface area contributed by atoms with E-state index in [0.29, 0.717) is 18.8 Å². The third-order valence-corrected chi connectivity index (χ3v) is 1.52. The smallest absolute Gasteiger partial charge is 0.356 e. The summed E-state index contributed by atoms with van der Waals surface area (Å²) in [5.74, 6) is -0.346. The number of rotatable bonds is 4. The third kappa shape index (κ3) is 2.18. The second-order valence-corrected chi connectivity index (χ2v) is 2.44. The molecular weight excluding hydrogens is 168 g/mol. The van der Waals surface area contributed by atoms with Crippen molar-refractivity contribution in [3.05, 3.63) is 30.9 Å². The van der Waals surface area contributed by atoms with Crippen molar-refractivity contribution in [1.82, 2.24) is 9.55 Å². The van der Waals surface area contributed by atoms with Gasteiger partial charge in [-0.3, -0.25) is 0 Å². The lowest BCUT2D eigenvalue weighted by molar-refractivity contribution is 0.0514. The number of ether oxygens (including phenoxy) is 1. The predicted molar refractivity (Wildman–Crippen MR) is 48.4 cm³/mol. The summed E-state index contributed by atoms with van der Waals surface area (Å²) in [6.07, 6.45) is 4.76. The first kappa shape index (κ1) is 9.51. The van der Waals surface area contributed by atoms with Crippen LogP contribution in [0.2, 0.25) is 0 Å². The average molecular weight is 180 g/mol. The number of allylic oxidation sites excluding steroid dienone is 1. The fourth-order valence-electron chi connectivity index (χ4n) is 0.980. The predicted octanol–water partition coefficient (Wildman–Crippen LogP) is 1.25. The van der Waals surface area contributed by atoms with Gasteiger partial charge >= 0.3 is 5.97 Å². The Bertz CT molecular complexity index is 304. The molecule has 1 aromatic rings. The number of esters is 1. The first-order valence-electron chi connectivity index (χ1n) is 4.07. The lowest BCUT2D eigenvalue weighted by Gasteiger charge is -2.03. The van der Waals surface area contributed by atoms with E-state index in [-0.39, 0.29) is 5.97 Å². The second kappa shape index (κ2) is 4.45. The highest BCUT2D eigenvalue weighted by Crippen LogP contribution is 2.01. The SMILES string of the molecule is C=CCn1cncc1C(=O)OCC. The summed E-state index contributed by atoms with van der Waals surface area (Å²) >= 11 is 0. The van der Waals surface area contributed by atoms with E-state index in [1.807, 2.05) is 0 Å². The molecule has 0 saturated carbocycles. The van der Waals surface area contributed by atoms with E-state index in [9.17, 15) is 4.79 Å². The second-order valence-electron chi connectivity index (χ2n) is 2.44. The van der Waals surface area contributed by atoms with Gasteiger partial charge in [0.15, 0.2) is 0 Å². The molecule has 0 bridgehead atoms. The van der Waals surface area contributed by atoms with E-state index in [2.05, 4.69) is 11.6 Å². The minimum absolute atomic E-state index is 0.346. The van der Waals surface area contributed by atoms with Gasteiger partial charge in [-0.25, -0.2) is 9.78 Å². The van der Waals surface area contributed by atoms with Gasteiger partial charge in [0.25, 0.3) is 0 Å². The summed E-state index contributed by atoms with van der Waals surface area (Å²) in [6, 6.07) is 0. The molecule has 13 heavy (non-hydrogen) atoms. The molecular formula is C9H12N2O2. The molecule has 0 aromatic carbocycles. The van der Waals surface area contributed by atoms with Gasteiger partial charge in [0.2, 0.25) is 0 Å². The van der Waals surface area contributed by atoms with Gasteiger partial charge in [-0.05, 0) is 6.92 Å². The Morgan fingerprint density at radius 2 is 2.62 bits per heavy atom. The standard InChI is InChI=1S/C9H12N2O2/c1-3-5-11-7-10-6-8(11)9(12)13-4-2/h3,6-7H,1,4-5H2,2H3. The van der Waals surface area contributed by atoms with Crippen LogP contribution in [0.3, 0.4) is 0 Å². The van der Waals surface area contributed by atoms with Crippen molar-refractivity contribution in [2.75, 3.05) is 6.61 Å². The first-order valence-corrected chi connectivity index (χ1v) is 4.07. The van der Waals surface area contributed by atoms with Crippen LogP contribution in [-0.2, 0) is 11.3 Å². The number of imidazole rings is 1. The van der Waals surface area contributed by atoms with Crippen LogP contribution in [0.4, 0.5) is 0 Å².